The number of aliphatic hydroxyl groups is 1. The molecule has 92 valence electrons. The molecule has 0 spiro atoms. The van der Waals surface area contributed by atoms with E-state index >= 15 is 0 Å². The second kappa shape index (κ2) is 4.49. The van der Waals surface area contributed by atoms with E-state index < -0.39 is 0 Å². The number of aliphatic hydroxyl groups excluding tert-OH is 1. The number of hydrazine groups is 1. The number of nitrogens with zero attached hydrogens (tertiary/aromatic N) is 2. The van der Waals surface area contributed by atoms with Gasteiger partial charge in [0, 0.05) is 35.3 Å². The summed E-state index contributed by atoms with van der Waals surface area (Å²) >= 11 is 2.34. The molecule has 2 rings (SSSR count). The van der Waals surface area contributed by atoms with Crippen LogP contribution in [0.2, 0.25) is 0 Å². The molecule has 0 amide bonds. The first kappa shape index (κ1) is 12.7. The molecule has 0 bridgehead atoms. The highest BCUT2D eigenvalue weighted by Crippen LogP contribution is 2.32. The highest BCUT2D eigenvalue weighted by atomic mass is 127. The second-order valence-corrected chi connectivity index (χ2v) is 5.74. The first-order valence-electron chi connectivity index (χ1n) is 5.56. The largest absolute Gasteiger partial charge is 0.494 e. The Balaban J connectivity index is 2.56. The fourth-order valence-electron chi connectivity index (χ4n) is 2.25. The smallest absolute Gasteiger partial charge is 0.206 e. The van der Waals surface area contributed by atoms with E-state index in [2.05, 4.69) is 48.6 Å². The van der Waals surface area contributed by atoms with Gasteiger partial charge < -0.3 is 5.11 Å². The molecule has 0 atom stereocenters. The molecule has 1 N–H and O–H groups in total. The topological polar surface area (TPSA) is 26.7 Å². The maximum Gasteiger partial charge on any atom is 0.206 e. The van der Waals surface area contributed by atoms with Gasteiger partial charge in [-0.2, -0.15) is 0 Å². The molecule has 0 aliphatic carbocycles. The van der Waals surface area contributed by atoms with E-state index in [1.54, 1.807) is 5.01 Å². The molecule has 1 aliphatic rings. The van der Waals surface area contributed by atoms with Crippen molar-refractivity contribution in [3.8, 4) is 0 Å². The molecule has 1 aromatic carbocycles. The fraction of sp³-hybridized carbons (Fsp3) is 0.385. The quantitative estimate of drug-likeness (QED) is 0.794. The fourth-order valence-corrected chi connectivity index (χ4v) is 3.49. The predicted octanol–water partition coefficient (Wildman–Crippen LogP) is 2.93. The Bertz CT molecular complexity index is 473. The monoisotopic (exact) mass is 344 g/mol. The molecule has 0 aromatic heterocycles. The number of likely N-dealkylation sites (N-methyl/N-ethyl adjacent to an activating group) is 1. The van der Waals surface area contributed by atoms with E-state index in [9.17, 15) is 5.11 Å². The molecule has 0 radical (unpaired) electrons. The van der Waals surface area contributed by atoms with Crippen molar-refractivity contribution in [1.29, 1.82) is 0 Å². The molecule has 0 saturated carbocycles. The third-order valence-electron chi connectivity index (χ3n) is 3.21. The van der Waals surface area contributed by atoms with Gasteiger partial charge >= 0.3 is 0 Å². The van der Waals surface area contributed by atoms with Gasteiger partial charge in [0.15, 0.2) is 0 Å². The average Bonchev–Trinajstić information content (AvgIpc) is 2.45. The highest BCUT2D eigenvalue weighted by Gasteiger charge is 2.27. The van der Waals surface area contributed by atoms with Gasteiger partial charge in [-0.3, -0.25) is 5.01 Å². The lowest BCUT2D eigenvalue weighted by molar-refractivity contribution is 0.0527. The summed E-state index contributed by atoms with van der Waals surface area (Å²) in [5.74, 6) is 0.359. The van der Waals surface area contributed by atoms with Crippen molar-refractivity contribution in [3.63, 3.8) is 0 Å². The third kappa shape index (κ3) is 2.15. The van der Waals surface area contributed by atoms with Crippen molar-refractivity contribution < 1.29 is 5.11 Å². The minimum absolute atomic E-state index is 0.359. The van der Waals surface area contributed by atoms with Crippen LogP contribution >= 0.6 is 22.6 Å². The predicted molar refractivity (Wildman–Crippen MR) is 78.6 cm³/mol. The van der Waals surface area contributed by atoms with Crippen LogP contribution in [0.4, 0.5) is 0 Å². The normalized spacial score (nSPS) is 17.1. The standard InChI is InChI=1S/C13H17IN2O/c1-8-5-9(2)12(11(14)6-8)10-7-15(3)16(4)13(10)17/h5-6,17H,7H2,1-4H3. The number of benzene rings is 1. The van der Waals surface area contributed by atoms with Crippen molar-refractivity contribution in [3.05, 3.63) is 38.3 Å². The Morgan fingerprint density at radius 1 is 1.24 bits per heavy atom. The summed E-state index contributed by atoms with van der Waals surface area (Å²) in [6.45, 7) is 4.95. The molecule has 4 heteroatoms. The maximum atomic E-state index is 10.2. The van der Waals surface area contributed by atoms with Crippen molar-refractivity contribution in [2.75, 3.05) is 20.6 Å². The maximum absolute atomic E-state index is 10.2. The number of rotatable bonds is 1. The summed E-state index contributed by atoms with van der Waals surface area (Å²) in [6, 6.07) is 4.32. The van der Waals surface area contributed by atoms with Crippen LogP contribution < -0.4 is 0 Å². The van der Waals surface area contributed by atoms with Gasteiger partial charge in [-0.1, -0.05) is 6.07 Å². The number of aryl methyl sites for hydroxylation is 2. The zero-order valence-electron chi connectivity index (χ0n) is 10.6. The van der Waals surface area contributed by atoms with Gasteiger partial charge in [-0.25, -0.2) is 5.01 Å². The van der Waals surface area contributed by atoms with Crippen molar-refractivity contribution in [1.82, 2.24) is 10.0 Å². The third-order valence-corrected chi connectivity index (χ3v) is 4.06. The van der Waals surface area contributed by atoms with Crippen LogP contribution in [0.15, 0.2) is 18.0 Å². The molecular weight excluding hydrogens is 327 g/mol. The highest BCUT2D eigenvalue weighted by molar-refractivity contribution is 14.1. The Morgan fingerprint density at radius 2 is 1.88 bits per heavy atom. The van der Waals surface area contributed by atoms with Crippen LogP contribution in [0, 0.1) is 17.4 Å². The minimum Gasteiger partial charge on any atom is -0.494 e. The van der Waals surface area contributed by atoms with Gasteiger partial charge in [0.2, 0.25) is 5.88 Å². The van der Waals surface area contributed by atoms with Crippen LogP contribution in [-0.2, 0) is 0 Å². The second-order valence-electron chi connectivity index (χ2n) is 4.58. The van der Waals surface area contributed by atoms with Crippen LogP contribution in [0.1, 0.15) is 16.7 Å². The van der Waals surface area contributed by atoms with Gasteiger partial charge in [0.05, 0.1) is 0 Å². The summed E-state index contributed by atoms with van der Waals surface area (Å²) in [5, 5.41) is 13.9. The van der Waals surface area contributed by atoms with Crippen molar-refractivity contribution in [2.24, 2.45) is 0 Å². The lowest BCUT2D eigenvalue weighted by Crippen LogP contribution is -2.30. The number of hydrogen-bond donors (Lipinski definition) is 1. The average molecular weight is 344 g/mol. The lowest BCUT2D eigenvalue weighted by atomic mass is 9.99. The lowest BCUT2D eigenvalue weighted by Gasteiger charge is -2.20. The van der Waals surface area contributed by atoms with Crippen molar-refractivity contribution >= 4 is 28.2 Å². The molecule has 3 nitrogen and oxygen atoms in total. The van der Waals surface area contributed by atoms with E-state index in [-0.39, 0.29) is 0 Å². The van der Waals surface area contributed by atoms with E-state index in [4.69, 9.17) is 0 Å². The molecule has 0 saturated heterocycles. The first-order chi connectivity index (χ1) is 7.91. The molecule has 1 aliphatic heterocycles. The van der Waals surface area contributed by atoms with Crippen LogP contribution in [0.5, 0.6) is 0 Å². The summed E-state index contributed by atoms with van der Waals surface area (Å²) < 4.78 is 1.20. The van der Waals surface area contributed by atoms with E-state index in [1.807, 2.05) is 19.1 Å². The summed E-state index contributed by atoms with van der Waals surface area (Å²) in [4.78, 5) is 0. The van der Waals surface area contributed by atoms with E-state index in [1.165, 1.54) is 20.3 Å². The number of halogens is 1. The van der Waals surface area contributed by atoms with Crippen molar-refractivity contribution in [2.45, 2.75) is 13.8 Å². The molecule has 1 heterocycles. The SMILES string of the molecule is Cc1cc(C)c(C2=C(O)N(C)N(C)C2)c(I)c1. The summed E-state index contributed by atoms with van der Waals surface area (Å²) in [6.07, 6.45) is 0. The van der Waals surface area contributed by atoms with E-state index in [0.29, 0.717) is 5.88 Å². The first-order valence-corrected chi connectivity index (χ1v) is 6.63. The van der Waals surface area contributed by atoms with Crippen LogP contribution in [0.3, 0.4) is 0 Å². The Kier molecular flexibility index (Phi) is 3.36. The zero-order chi connectivity index (χ0) is 12.7. The van der Waals surface area contributed by atoms with Gasteiger partial charge in [0.1, 0.15) is 0 Å². The Hall–Kier alpha value is -0.750. The van der Waals surface area contributed by atoms with Crippen LogP contribution in [0.25, 0.3) is 5.57 Å². The summed E-state index contributed by atoms with van der Waals surface area (Å²) in [7, 11) is 3.85. The van der Waals surface area contributed by atoms with E-state index in [0.717, 1.165) is 12.1 Å². The molecule has 0 fully saturated rings. The number of hydrogen-bond acceptors (Lipinski definition) is 3. The van der Waals surface area contributed by atoms with Gasteiger partial charge in [0.25, 0.3) is 0 Å². The van der Waals surface area contributed by atoms with Gasteiger partial charge in [-0.05, 0) is 53.6 Å². The van der Waals surface area contributed by atoms with Crippen LogP contribution in [-0.4, -0.2) is 35.8 Å². The summed E-state index contributed by atoms with van der Waals surface area (Å²) in [5.41, 5.74) is 4.66. The molecule has 17 heavy (non-hydrogen) atoms. The Labute approximate surface area is 116 Å². The minimum atomic E-state index is 0.359. The molecule has 1 aromatic rings. The van der Waals surface area contributed by atoms with Gasteiger partial charge in [-0.15, -0.1) is 0 Å². The Morgan fingerprint density at radius 3 is 2.35 bits per heavy atom. The molecular formula is C13H17IN2O. The zero-order valence-corrected chi connectivity index (χ0v) is 12.7. The molecule has 0 unspecified atom stereocenters.